The molecule has 0 radical (unpaired) electrons. The Labute approximate surface area is 297 Å². The summed E-state index contributed by atoms with van der Waals surface area (Å²) in [5.74, 6) is -1.16. The van der Waals surface area contributed by atoms with Gasteiger partial charge in [-0.2, -0.15) is 4.31 Å². The molecule has 0 bridgehead atoms. The zero-order chi connectivity index (χ0) is 39.6. The molecule has 2 fully saturated rings. The first kappa shape index (κ1) is 43.0. The van der Waals surface area contributed by atoms with Crippen LogP contribution in [0.15, 0.2) is 28.0 Å². The van der Waals surface area contributed by atoms with Gasteiger partial charge in [0.25, 0.3) is 5.56 Å². The van der Waals surface area contributed by atoms with Crippen LogP contribution in [0.3, 0.4) is 0 Å². The highest BCUT2D eigenvalue weighted by Gasteiger charge is 2.50. The summed E-state index contributed by atoms with van der Waals surface area (Å²) in [6, 6.07) is -1.89. The van der Waals surface area contributed by atoms with Crippen LogP contribution in [0, 0.1) is 6.92 Å². The molecule has 0 spiro atoms. The minimum atomic E-state index is -5.69. The van der Waals surface area contributed by atoms with Crippen molar-refractivity contribution < 1.29 is 85.8 Å². The summed E-state index contributed by atoms with van der Waals surface area (Å²) in [5.41, 5.74) is -1.52. The number of aliphatic hydroxyl groups is 3. The molecule has 0 aliphatic carbocycles. The smallest absolute Gasteiger partial charge is 0.483 e. The van der Waals surface area contributed by atoms with Crippen molar-refractivity contribution in [2.24, 2.45) is 0 Å². The van der Waals surface area contributed by atoms with E-state index in [4.69, 9.17) is 23.8 Å². The lowest BCUT2D eigenvalue weighted by molar-refractivity contribution is -0.208. The van der Waals surface area contributed by atoms with Crippen LogP contribution in [-0.2, 0) is 59.0 Å². The second kappa shape index (κ2) is 16.9. The molecule has 2 aliphatic heterocycles. The van der Waals surface area contributed by atoms with E-state index in [0.29, 0.717) is 0 Å². The first-order chi connectivity index (χ1) is 24.5. The number of aromatic nitrogens is 3. The van der Waals surface area contributed by atoms with Crippen molar-refractivity contribution in [3.8, 4) is 5.75 Å². The van der Waals surface area contributed by atoms with Crippen LogP contribution < -0.4 is 21.9 Å². The normalized spacial score (nSPS) is 30.0. The second-order valence-electron chi connectivity index (χ2n) is 11.8. The van der Waals surface area contributed by atoms with Gasteiger partial charge >= 0.3 is 29.2 Å². The number of pyridine rings is 1. The molecule has 11 N–H and O–H groups in total. The maximum absolute atomic E-state index is 12.9. The lowest BCUT2D eigenvalue weighted by Gasteiger charge is -2.44. The zero-order valence-corrected chi connectivity index (χ0v) is 30.4. The third-order valence-corrected chi connectivity index (χ3v) is 11.0. The van der Waals surface area contributed by atoms with E-state index in [9.17, 15) is 58.3 Å². The quantitative estimate of drug-likeness (QED) is 0.0808. The number of phosphoric acid groups is 3. The summed E-state index contributed by atoms with van der Waals surface area (Å²) < 4.78 is 66.9. The van der Waals surface area contributed by atoms with Gasteiger partial charge in [0.2, 0.25) is 5.91 Å². The second-order valence-corrected chi connectivity index (χ2v) is 16.0. The lowest BCUT2D eigenvalue weighted by atomic mass is 9.94. The van der Waals surface area contributed by atoms with Crippen molar-refractivity contribution in [3.05, 3.63) is 56.1 Å². The first-order valence-corrected chi connectivity index (χ1v) is 19.7. The number of carbonyl (C=O) groups is 1. The Morgan fingerprint density at radius 3 is 2.32 bits per heavy atom. The van der Waals surface area contributed by atoms with Crippen LogP contribution in [0.2, 0.25) is 0 Å². The minimum absolute atomic E-state index is 0.0608. The number of rotatable bonds is 15. The molecule has 4 heterocycles. The Kier molecular flexibility index (Phi) is 13.7. The molecule has 2 saturated heterocycles. The van der Waals surface area contributed by atoms with Crippen LogP contribution in [0.4, 0.5) is 0 Å². The number of carbonyl (C=O) groups excluding carboxylic acids is 1. The summed E-state index contributed by atoms with van der Waals surface area (Å²) in [4.78, 5) is 80.0. The van der Waals surface area contributed by atoms with Crippen molar-refractivity contribution in [2.75, 3.05) is 6.61 Å². The highest BCUT2D eigenvalue weighted by atomic mass is 31.3. The van der Waals surface area contributed by atoms with Gasteiger partial charge in [-0.3, -0.25) is 37.7 Å². The zero-order valence-electron chi connectivity index (χ0n) is 27.8. The molecule has 28 heteroatoms. The maximum atomic E-state index is 12.9. The van der Waals surface area contributed by atoms with Gasteiger partial charge < -0.3 is 60.1 Å². The fourth-order valence-electron chi connectivity index (χ4n) is 5.38. The van der Waals surface area contributed by atoms with Crippen LogP contribution in [0.5, 0.6) is 5.75 Å². The van der Waals surface area contributed by atoms with Crippen LogP contribution in [0.1, 0.15) is 36.9 Å². The standard InChI is InChI=1S/C25H38N5O20P3/c1-10-19(33)14(13(6-26-10)8-45-51(38,39)40)7-27-17-11(2)47-24(18(21(17)35)28-12(3)31)49-53(43,44)50-52(41,42)46-9-15-20(34)22(36)23(48-15)30-5-4-16(32)29-25(30)37/h4-6,11,15,17-18,20-24,27,33-36H,7-9H2,1-3H3,(H,28,31)(H,41,42)(H,43,44)(H,29,32,37)(H2,38,39,40)/t11-,15-,17-,18-,20-,21+,22-,23-,24-/m1/s1. The largest absolute Gasteiger partial charge is 0.506 e. The molecular formula is C25H38N5O20P3. The Balaban J connectivity index is 1.42. The third-order valence-electron chi connectivity index (χ3n) is 7.89. The number of hydrogen-bond acceptors (Lipinski definition) is 18. The number of aromatic amines is 1. The molecule has 53 heavy (non-hydrogen) atoms. The van der Waals surface area contributed by atoms with Gasteiger partial charge in [-0.05, 0) is 13.8 Å². The Morgan fingerprint density at radius 1 is 1.02 bits per heavy atom. The van der Waals surface area contributed by atoms with E-state index in [2.05, 4.69) is 29.0 Å². The predicted octanol–water partition coefficient (Wildman–Crippen LogP) is -2.81. The summed E-state index contributed by atoms with van der Waals surface area (Å²) in [6.45, 7) is 1.81. The van der Waals surface area contributed by atoms with E-state index in [1.54, 1.807) is 0 Å². The maximum Gasteiger partial charge on any atom is 0.483 e. The van der Waals surface area contributed by atoms with Gasteiger partial charge in [-0.15, -0.1) is 0 Å². The fourth-order valence-corrected chi connectivity index (χ4v) is 7.86. The van der Waals surface area contributed by atoms with E-state index < -0.39 is 109 Å². The van der Waals surface area contributed by atoms with Gasteiger partial charge in [0.1, 0.15) is 30.1 Å². The molecule has 4 rings (SSSR count). The molecule has 1 amide bonds. The summed E-state index contributed by atoms with van der Waals surface area (Å²) in [5, 5.41) is 47.6. The van der Waals surface area contributed by atoms with Gasteiger partial charge in [0.15, 0.2) is 12.5 Å². The number of phosphoric ester groups is 3. The number of aromatic hydroxyl groups is 1. The van der Waals surface area contributed by atoms with Crippen molar-refractivity contribution >= 4 is 29.4 Å². The van der Waals surface area contributed by atoms with Crippen molar-refractivity contribution in [1.82, 2.24) is 25.2 Å². The van der Waals surface area contributed by atoms with Crippen LogP contribution in [-0.4, -0.2) is 116 Å². The summed E-state index contributed by atoms with van der Waals surface area (Å²) in [7, 11) is -16.2. The van der Waals surface area contributed by atoms with E-state index in [1.165, 1.54) is 20.0 Å². The predicted molar refractivity (Wildman–Crippen MR) is 171 cm³/mol. The number of nitrogens with zero attached hydrogens (tertiary/aromatic N) is 2. The van der Waals surface area contributed by atoms with E-state index in [-0.39, 0.29) is 29.1 Å². The fraction of sp³-hybridized carbons (Fsp3) is 0.600. The van der Waals surface area contributed by atoms with Crippen LogP contribution in [0.25, 0.3) is 0 Å². The van der Waals surface area contributed by atoms with Gasteiger partial charge in [0, 0.05) is 43.1 Å². The Hall–Kier alpha value is -2.77. The SMILES string of the molecule is CC(=O)N[C@H]1[C@@H](OP(=O)(O)OP(=O)(O)OC[C@H]2O[C@@H](n3ccc(=O)[nH]c3=O)[C@H](O)[C@@H]2O)O[C@H](C)[C@@H](NCc2c(COP(=O)(O)O)cnc(C)c2O)[C@@H]1O. The minimum Gasteiger partial charge on any atom is -0.506 e. The Morgan fingerprint density at radius 2 is 1.70 bits per heavy atom. The molecule has 2 unspecified atom stereocenters. The molecule has 0 aromatic carbocycles. The molecule has 2 aromatic rings. The topological polar surface area (TPSA) is 377 Å². The van der Waals surface area contributed by atoms with Crippen molar-refractivity contribution in [1.29, 1.82) is 0 Å². The number of amides is 1. The number of nitrogens with one attached hydrogen (secondary N) is 3. The average Bonchev–Trinajstić information content (AvgIpc) is 3.30. The first-order valence-electron chi connectivity index (χ1n) is 15.2. The van der Waals surface area contributed by atoms with E-state index in [1.807, 2.05) is 4.98 Å². The van der Waals surface area contributed by atoms with Crippen molar-refractivity contribution in [3.63, 3.8) is 0 Å². The summed E-state index contributed by atoms with van der Waals surface area (Å²) >= 11 is 0. The Bertz CT molecular complexity index is 1910. The van der Waals surface area contributed by atoms with E-state index in [0.717, 1.165) is 23.8 Å². The van der Waals surface area contributed by atoms with Crippen LogP contribution >= 0.6 is 23.5 Å². The highest BCUT2D eigenvalue weighted by Crippen LogP contribution is 2.61. The monoisotopic (exact) mass is 821 g/mol. The molecule has 25 nitrogen and oxygen atoms in total. The number of hydrogen-bond donors (Lipinski definition) is 11. The number of H-pyrrole nitrogens is 1. The highest BCUT2D eigenvalue weighted by molar-refractivity contribution is 7.61. The van der Waals surface area contributed by atoms with Gasteiger partial charge in [-0.25, -0.2) is 18.5 Å². The number of aryl methyl sites for hydroxylation is 1. The molecule has 298 valence electrons. The van der Waals surface area contributed by atoms with E-state index >= 15 is 0 Å². The molecule has 2 aliphatic rings. The van der Waals surface area contributed by atoms with Gasteiger partial charge in [0.05, 0.1) is 37.2 Å². The molecule has 11 atom stereocenters. The number of aliphatic hydroxyl groups excluding tert-OH is 3. The molecular weight excluding hydrogens is 783 g/mol. The molecule has 2 aromatic heterocycles. The molecule has 0 saturated carbocycles. The lowest BCUT2D eigenvalue weighted by Crippen LogP contribution is -2.66. The number of ether oxygens (including phenoxy) is 2. The average molecular weight is 822 g/mol. The van der Waals surface area contributed by atoms with Gasteiger partial charge in [-0.1, -0.05) is 0 Å². The van der Waals surface area contributed by atoms with Crippen molar-refractivity contribution in [2.45, 2.75) is 89.0 Å². The third kappa shape index (κ3) is 11.2. The summed E-state index contributed by atoms with van der Waals surface area (Å²) in [6.07, 6.45) is -9.55.